The normalized spacial score (nSPS) is 19.5. The number of hydrogen-bond acceptors (Lipinski definition) is 5. The van der Waals surface area contributed by atoms with Crippen molar-refractivity contribution in [1.29, 1.82) is 0 Å². The van der Waals surface area contributed by atoms with Gasteiger partial charge in [-0.15, -0.1) is 11.8 Å². The molecule has 0 radical (unpaired) electrons. The number of nitrogens with zero attached hydrogens (tertiary/aromatic N) is 2. The smallest absolute Gasteiger partial charge is 0.228 e. The lowest BCUT2D eigenvalue weighted by Crippen LogP contribution is -2.26. The fourth-order valence-electron chi connectivity index (χ4n) is 2.80. The number of halogens is 1. The molecule has 0 saturated carbocycles. The lowest BCUT2D eigenvalue weighted by Gasteiger charge is -2.11. The Morgan fingerprint density at radius 1 is 1.33 bits per heavy atom. The predicted octanol–water partition coefficient (Wildman–Crippen LogP) is 5.59. The van der Waals surface area contributed by atoms with E-state index in [1.807, 2.05) is 33.8 Å². The first-order valence-corrected chi connectivity index (χ1v) is 12.1. The van der Waals surface area contributed by atoms with Gasteiger partial charge >= 0.3 is 0 Å². The molecule has 1 aliphatic heterocycles. The fourth-order valence-corrected chi connectivity index (χ4v) is 4.60. The molecule has 168 valence electrons. The number of aliphatic hydroxyl groups excluding tert-OH is 1. The third kappa shape index (κ3) is 8.81. The zero-order chi connectivity index (χ0) is 22.7. The van der Waals surface area contributed by atoms with E-state index in [0.29, 0.717) is 22.0 Å². The van der Waals surface area contributed by atoms with Crippen molar-refractivity contribution in [3.63, 3.8) is 0 Å². The third-order valence-corrected chi connectivity index (χ3v) is 6.56. The van der Waals surface area contributed by atoms with Gasteiger partial charge in [-0.3, -0.25) is 4.79 Å². The van der Waals surface area contributed by atoms with E-state index in [4.69, 9.17) is 11.6 Å². The van der Waals surface area contributed by atoms with Crippen LogP contribution in [0.1, 0.15) is 73.6 Å². The van der Waals surface area contributed by atoms with Gasteiger partial charge in [0.25, 0.3) is 0 Å². The van der Waals surface area contributed by atoms with Gasteiger partial charge in [0, 0.05) is 22.0 Å². The zero-order valence-electron chi connectivity index (χ0n) is 19.1. The minimum absolute atomic E-state index is 0.0994. The van der Waals surface area contributed by atoms with E-state index in [1.54, 1.807) is 11.8 Å². The highest BCUT2D eigenvalue weighted by molar-refractivity contribution is 8.01. The van der Waals surface area contributed by atoms with Gasteiger partial charge in [-0.1, -0.05) is 45.7 Å². The summed E-state index contributed by atoms with van der Waals surface area (Å²) < 4.78 is 0. The van der Waals surface area contributed by atoms with Crippen LogP contribution in [0.4, 0.5) is 0 Å². The van der Waals surface area contributed by atoms with E-state index in [9.17, 15) is 9.90 Å². The number of aliphatic hydroxyl groups is 1. The van der Waals surface area contributed by atoms with Crippen molar-refractivity contribution in [2.45, 2.75) is 84.1 Å². The summed E-state index contributed by atoms with van der Waals surface area (Å²) in [6.45, 7) is 11.9. The molecule has 0 bridgehead atoms. The van der Waals surface area contributed by atoms with Crippen molar-refractivity contribution < 1.29 is 9.90 Å². The maximum atomic E-state index is 12.1. The second-order valence-corrected chi connectivity index (χ2v) is 9.75. The highest BCUT2D eigenvalue weighted by atomic mass is 35.5. The summed E-state index contributed by atoms with van der Waals surface area (Å²) in [6.07, 6.45) is 6.50. The molecule has 1 saturated heterocycles. The van der Waals surface area contributed by atoms with Crippen molar-refractivity contribution in [2.75, 3.05) is 6.61 Å². The Balaban J connectivity index is 3.18. The van der Waals surface area contributed by atoms with Crippen LogP contribution in [-0.4, -0.2) is 39.2 Å². The van der Waals surface area contributed by atoms with Crippen LogP contribution in [0.15, 0.2) is 38.7 Å². The largest absolute Gasteiger partial charge is 0.395 e. The summed E-state index contributed by atoms with van der Waals surface area (Å²) in [6, 6.07) is 0. The Morgan fingerprint density at radius 3 is 2.53 bits per heavy atom. The topological polar surface area (TPSA) is 74.1 Å². The number of carbonyl (C=O) groups is 1. The second-order valence-electron chi connectivity index (χ2n) is 7.88. The summed E-state index contributed by atoms with van der Waals surface area (Å²) in [7, 11) is 0. The van der Waals surface area contributed by atoms with Gasteiger partial charge in [-0.25, -0.2) is 9.98 Å². The monoisotopic (exact) mass is 453 g/mol. The molecular formula is C23H36ClN3O2S. The number of hydrogen-bond donors (Lipinski definition) is 2. The average molecular weight is 454 g/mol. The van der Waals surface area contributed by atoms with Gasteiger partial charge in [0.05, 0.1) is 6.61 Å². The Bertz CT molecular complexity index is 746. The molecule has 5 nitrogen and oxygen atoms in total. The molecule has 0 unspecified atom stereocenters. The van der Waals surface area contributed by atoms with Crippen molar-refractivity contribution in [3.05, 3.63) is 28.7 Å². The van der Waals surface area contributed by atoms with Gasteiger partial charge in [-0.2, -0.15) is 0 Å². The number of allylic oxidation sites excluding steroid dienone is 3. The molecule has 0 aromatic carbocycles. The van der Waals surface area contributed by atoms with E-state index < -0.39 is 0 Å². The highest BCUT2D eigenvalue weighted by Crippen LogP contribution is 2.37. The van der Waals surface area contributed by atoms with Crippen molar-refractivity contribution in [1.82, 2.24) is 5.32 Å². The molecule has 7 heteroatoms. The quantitative estimate of drug-likeness (QED) is 0.423. The van der Waals surface area contributed by atoms with Gasteiger partial charge in [0.2, 0.25) is 5.91 Å². The van der Waals surface area contributed by atoms with Crippen LogP contribution in [0.25, 0.3) is 0 Å². The SMILES string of the molecule is CCC/C=C(/N=C(Cl)C(N=C=C(CC)[C@H]1CC[C@@H](CO)S1)=C(C)C)NC(=O)C(C)C. The first-order chi connectivity index (χ1) is 14.2. The van der Waals surface area contributed by atoms with Gasteiger partial charge in [0.15, 0.2) is 5.17 Å². The molecule has 0 spiro atoms. The van der Waals surface area contributed by atoms with Crippen molar-refractivity contribution >= 4 is 40.3 Å². The van der Waals surface area contributed by atoms with Crippen LogP contribution >= 0.6 is 23.4 Å². The number of rotatable bonds is 10. The molecule has 1 heterocycles. The van der Waals surface area contributed by atoms with Gasteiger partial charge in [-0.05, 0) is 57.0 Å². The molecular weight excluding hydrogens is 418 g/mol. The highest BCUT2D eigenvalue weighted by Gasteiger charge is 2.27. The van der Waals surface area contributed by atoms with E-state index in [-0.39, 0.29) is 23.6 Å². The van der Waals surface area contributed by atoms with Crippen LogP contribution < -0.4 is 5.32 Å². The first-order valence-electron chi connectivity index (χ1n) is 10.7. The minimum atomic E-state index is -0.147. The molecule has 30 heavy (non-hydrogen) atoms. The Labute approximate surface area is 190 Å². The summed E-state index contributed by atoms with van der Waals surface area (Å²) in [5.74, 6) is 3.41. The third-order valence-electron chi connectivity index (χ3n) is 4.68. The van der Waals surface area contributed by atoms with Gasteiger partial charge in [0.1, 0.15) is 11.5 Å². The maximum Gasteiger partial charge on any atom is 0.228 e. The number of thioether (sulfide) groups is 1. The lowest BCUT2D eigenvalue weighted by molar-refractivity contribution is -0.123. The average Bonchev–Trinajstić information content (AvgIpc) is 3.17. The van der Waals surface area contributed by atoms with E-state index in [0.717, 1.165) is 43.3 Å². The van der Waals surface area contributed by atoms with Crippen LogP contribution in [0, 0.1) is 5.92 Å². The second kappa shape index (κ2) is 13.9. The summed E-state index contributed by atoms with van der Waals surface area (Å²) in [5.41, 5.74) is 2.60. The zero-order valence-corrected chi connectivity index (χ0v) is 20.7. The lowest BCUT2D eigenvalue weighted by atomic mass is 10.1. The van der Waals surface area contributed by atoms with Crippen LogP contribution in [-0.2, 0) is 4.79 Å². The molecule has 0 aromatic rings. The van der Waals surface area contributed by atoms with Crippen LogP contribution in [0.5, 0.6) is 0 Å². The van der Waals surface area contributed by atoms with E-state index in [1.165, 1.54) is 0 Å². The van der Waals surface area contributed by atoms with Crippen molar-refractivity contribution in [3.8, 4) is 0 Å². The Hall–Kier alpha value is -1.33. The summed E-state index contributed by atoms with van der Waals surface area (Å²) in [5, 5.41) is 13.1. The van der Waals surface area contributed by atoms with Crippen molar-refractivity contribution in [2.24, 2.45) is 15.9 Å². The van der Waals surface area contributed by atoms with Crippen LogP contribution in [0.3, 0.4) is 0 Å². The molecule has 1 aliphatic rings. The Morgan fingerprint density at radius 2 is 2.03 bits per heavy atom. The predicted molar refractivity (Wildman–Crippen MR) is 130 cm³/mol. The number of carbonyl (C=O) groups excluding carboxylic acids is 1. The fraction of sp³-hybridized carbons (Fsp3) is 0.652. The molecule has 0 aromatic heterocycles. The number of aliphatic imine (C=N–C) groups is 2. The molecule has 1 amide bonds. The molecule has 2 atom stereocenters. The molecule has 1 fully saturated rings. The molecule has 1 rings (SSSR count). The first kappa shape index (κ1) is 26.7. The molecule has 0 aliphatic carbocycles. The Kier molecular flexibility index (Phi) is 12.3. The van der Waals surface area contributed by atoms with Gasteiger partial charge < -0.3 is 10.4 Å². The summed E-state index contributed by atoms with van der Waals surface area (Å²) >= 11 is 8.32. The molecule has 2 N–H and O–H groups in total. The number of unbranched alkanes of at least 4 members (excludes halogenated alkanes) is 1. The maximum absolute atomic E-state index is 12.1. The van der Waals surface area contributed by atoms with E-state index in [2.05, 4.69) is 35.0 Å². The standard InChI is InChI=1S/C23H36ClN3O2S/c1-7-9-10-20(27-23(29)16(5)6)26-22(24)21(15(3)4)25-13-17(8-2)19-12-11-18(14-28)30-19/h10,16,18-19,28H,7-9,11-12,14H2,1-6H3,(H,27,29)/b20-10-,26-22?/t18-,19+/m0/s1. The summed E-state index contributed by atoms with van der Waals surface area (Å²) in [4.78, 5) is 21.1. The minimum Gasteiger partial charge on any atom is -0.395 e. The number of amides is 1. The number of nitrogens with one attached hydrogen (secondary N) is 1. The van der Waals surface area contributed by atoms with Crippen LogP contribution in [0.2, 0.25) is 0 Å². The van der Waals surface area contributed by atoms with E-state index >= 15 is 0 Å².